The number of fused-ring (bicyclic) bond motifs is 2. The van der Waals surface area contributed by atoms with Gasteiger partial charge >= 0.3 is 0 Å². The summed E-state index contributed by atoms with van der Waals surface area (Å²) in [7, 11) is 1.91. The molecule has 0 aliphatic carbocycles. The van der Waals surface area contributed by atoms with Crippen LogP contribution < -0.4 is 9.47 Å². The topological polar surface area (TPSA) is 41.9 Å². The second-order valence-electron chi connectivity index (χ2n) is 4.01. The first-order valence-corrected chi connectivity index (χ1v) is 5.06. The molecule has 0 unspecified atom stereocenters. The van der Waals surface area contributed by atoms with Crippen LogP contribution in [-0.4, -0.2) is 30.4 Å². The average molecular weight is 207 g/mol. The Morgan fingerprint density at radius 1 is 1.33 bits per heavy atom. The van der Waals surface area contributed by atoms with Crippen LogP contribution in [-0.2, 0) is 6.42 Å². The monoisotopic (exact) mass is 207 g/mol. The Morgan fingerprint density at radius 2 is 2.07 bits per heavy atom. The molecule has 4 heteroatoms. The number of hydrogen-bond acceptors (Lipinski definition) is 4. The highest BCUT2D eigenvalue weighted by Crippen LogP contribution is 2.39. The van der Waals surface area contributed by atoms with E-state index in [0.29, 0.717) is 0 Å². The highest BCUT2D eigenvalue weighted by molar-refractivity contribution is 5.50. The molecule has 1 N–H and O–H groups in total. The van der Waals surface area contributed by atoms with Gasteiger partial charge in [-0.1, -0.05) is 0 Å². The molecule has 0 saturated carbocycles. The summed E-state index contributed by atoms with van der Waals surface area (Å²) in [4.78, 5) is 1.92. The van der Waals surface area contributed by atoms with Crippen LogP contribution in [0.1, 0.15) is 17.4 Å². The molecule has 1 aromatic carbocycles. The molecule has 0 radical (unpaired) electrons. The fourth-order valence-electron chi connectivity index (χ4n) is 2.11. The molecule has 2 aliphatic rings. The van der Waals surface area contributed by atoms with Crippen molar-refractivity contribution in [1.82, 2.24) is 4.90 Å². The van der Waals surface area contributed by atoms with Crippen LogP contribution >= 0.6 is 0 Å². The first-order chi connectivity index (χ1) is 7.25. The third-order valence-corrected chi connectivity index (χ3v) is 3.06. The SMILES string of the molecule is CN1CCc2cc3c(cc2[C@H]1O)OCO3. The predicted molar refractivity (Wildman–Crippen MR) is 53.9 cm³/mol. The van der Waals surface area contributed by atoms with E-state index in [2.05, 4.69) is 0 Å². The Hall–Kier alpha value is -1.26. The van der Waals surface area contributed by atoms with Crippen molar-refractivity contribution in [3.63, 3.8) is 0 Å². The molecule has 0 bridgehead atoms. The van der Waals surface area contributed by atoms with Crippen molar-refractivity contribution < 1.29 is 14.6 Å². The highest BCUT2D eigenvalue weighted by Gasteiger charge is 2.26. The van der Waals surface area contributed by atoms with E-state index in [1.54, 1.807) is 0 Å². The van der Waals surface area contributed by atoms with Crippen molar-refractivity contribution in [2.75, 3.05) is 20.4 Å². The van der Waals surface area contributed by atoms with E-state index in [9.17, 15) is 5.11 Å². The average Bonchev–Trinajstić information content (AvgIpc) is 2.68. The van der Waals surface area contributed by atoms with E-state index in [4.69, 9.17) is 9.47 Å². The van der Waals surface area contributed by atoms with Crippen LogP contribution in [0.15, 0.2) is 12.1 Å². The zero-order chi connectivity index (χ0) is 10.4. The van der Waals surface area contributed by atoms with Crippen molar-refractivity contribution in [2.24, 2.45) is 0 Å². The minimum absolute atomic E-state index is 0.282. The molecule has 80 valence electrons. The quantitative estimate of drug-likeness (QED) is 0.686. The summed E-state index contributed by atoms with van der Waals surface area (Å²) < 4.78 is 10.6. The van der Waals surface area contributed by atoms with E-state index in [1.165, 1.54) is 0 Å². The normalized spacial score (nSPS) is 24.0. The van der Waals surface area contributed by atoms with Crippen molar-refractivity contribution >= 4 is 0 Å². The molecule has 0 spiro atoms. The van der Waals surface area contributed by atoms with Crippen LogP contribution in [0.5, 0.6) is 11.5 Å². The minimum Gasteiger partial charge on any atom is -0.454 e. The number of likely N-dealkylation sites (N-methyl/N-ethyl adjacent to an activating group) is 1. The Labute approximate surface area is 88.0 Å². The summed E-state index contributed by atoms with van der Waals surface area (Å²) in [5, 5.41) is 9.99. The maximum atomic E-state index is 9.99. The van der Waals surface area contributed by atoms with E-state index < -0.39 is 6.23 Å². The van der Waals surface area contributed by atoms with Gasteiger partial charge in [-0.05, 0) is 31.2 Å². The summed E-state index contributed by atoms with van der Waals surface area (Å²) >= 11 is 0. The van der Waals surface area contributed by atoms with Gasteiger partial charge in [-0.2, -0.15) is 0 Å². The summed E-state index contributed by atoms with van der Waals surface area (Å²) in [6, 6.07) is 3.87. The van der Waals surface area contributed by atoms with Crippen LogP contribution in [0.4, 0.5) is 0 Å². The smallest absolute Gasteiger partial charge is 0.231 e. The lowest BCUT2D eigenvalue weighted by atomic mass is 9.98. The lowest BCUT2D eigenvalue weighted by Gasteiger charge is -2.30. The van der Waals surface area contributed by atoms with Crippen LogP contribution in [0.2, 0.25) is 0 Å². The van der Waals surface area contributed by atoms with Gasteiger partial charge in [-0.3, -0.25) is 4.90 Å². The number of ether oxygens (including phenoxy) is 2. The van der Waals surface area contributed by atoms with Crippen LogP contribution in [0.3, 0.4) is 0 Å². The van der Waals surface area contributed by atoms with Crippen molar-refractivity contribution in [3.8, 4) is 11.5 Å². The molecular weight excluding hydrogens is 194 g/mol. The highest BCUT2D eigenvalue weighted by atomic mass is 16.7. The lowest BCUT2D eigenvalue weighted by molar-refractivity contribution is 0.0127. The number of hydrogen-bond donors (Lipinski definition) is 1. The summed E-state index contributed by atoms with van der Waals surface area (Å²) in [5.41, 5.74) is 2.10. The van der Waals surface area contributed by atoms with Crippen LogP contribution in [0, 0.1) is 0 Å². The molecule has 0 saturated heterocycles. The molecule has 0 amide bonds. The van der Waals surface area contributed by atoms with E-state index in [-0.39, 0.29) is 6.79 Å². The number of aliphatic hydroxyl groups excluding tert-OH is 1. The fourth-order valence-corrected chi connectivity index (χ4v) is 2.11. The molecule has 2 heterocycles. The van der Waals surface area contributed by atoms with Crippen molar-refractivity contribution in [1.29, 1.82) is 0 Å². The Balaban J connectivity index is 2.10. The van der Waals surface area contributed by atoms with Crippen molar-refractivity contribution in [2.45, 2.75) is 12.6 Å². The third kappa shape index (κ3) is 1.29. The van der Waals surface area contributed by atoms with Crippen molar-refractivity contribution in [3.05, 3.63) is 23.3 Å². The molecule has 15 heavy (non-hydrogen) atoms. The Morgan fingerprint density at radius 3 is 2.87 bits per heavy atom. The third-order valence-electron chi connectivity index (χ3n) is 3.06. The van der Waals surface area contributed by atoms with E-state index in [1.807, 2.05) is 24.1 Å². The Bertz CT molecular complexity index is 405. The van der Waals surface area contributed by atoms with Gasteiger partial charge in [0.2, 0.25) is 6.79 Å². The number of benzene rings is 1. The second-order valence-corrected chi connectivity index (χ2v) is 4.01. The van der Waals surface area contributed by atoms with Gasteiger partial charge in [-0.25, -0.2) is 0 Å². The van der Waals surface area contributed by atoms with Gasteiger partial charge in [0, 0.05) is 12.1 Å². The zero-order valence-electron chi connectivity index (χ0n) is 8.56. The molecule has 1 aromatic rings. The molecule has 0 aromatic heterocycles. The maximum Gasteiger partial charge on any atom is 0.231 e. The predicted octanol–water partition coefficient (Wildman–Crippen LogP) is 0.894. The van der Waals surface area contributed by atoms with Gasteiger partial charge in [0.15, 0.2) is 11.5 Å². The molecule has 0 fully saturated rings. The van der Waals surface area contributed by atoms with Gasteiger partial charge in [0.05, 0.1) is 0 Å². The number of nitrogens with zero attached hydrogens (tertiary/aromatic N) is 1. The summed E-state index contributed by atoms with van der Waals surface area (Å²) in [6.07, 6.45) is 0.419. The fraction of sp³-hybridized carbons (Fsp3) is 0.455. The molecule has 3 rings (SSSR count). The number of aliphatic hydroxyl groups is 1. The molecule has 2 aliphatic heterocycles. The van der Waals surface area contributed by atoms with Gasteiger partial charge < -0.3 is 14.6 Å². The van der Waals surface area contributed by atoms with E-state index in [0.717, 1.165) is 35.6 Å². The minimum atomic E-state index is -0.525. The van der Waals surface area contributed by atoms with E-state index >= 15 is 0 Å². The molecule has 1 atom stereocenters. The van der Waals surface area contributed by atoms with Crippen LogP contribution in [0.25, 0.3) is 0 Å². The standard InChI is InChI=1S/C11H13NO3/c1-12-3-2-7-4-9-10(15-6-14-9)5-8(7)11(12)13/h4-5,11,13H,2-3,6H2,1H3/t11-/m1/s1. The largest absolute Gasteiger partial charge is 0.454 e. The van der Waals surface area contributed by atoms with Gasteiger partial charge in [-0.15, -0.1) is 0 Å². The van der Waals surface area contributed by atoms with Gasteiger partial charge in [0.25, 0.3) is 0 Å². The first-order valence-electron chi connectivity index (χ1n) is 5.06. The number of rotatable bonds is 0. The molecule has 4 nitrogen and oxygen atoms in total. The Kier molecular flexibility index (Phi) is 1.87. The second kappa shape index (κ2) is 3.12. The summed E-state index contributed by atoms with van der Waals surface area (Å²) in [6.45, 7) is 1.15. The lowest BCUT2D eigenvalue weighted by Crippen LogP contribution is -2.31. The zero-order valence-corrected chi connectivity index (χ0v) is 8.56. The molecular formula is C11H13NO3. The van der Waals surface area contributed by atoms with Gasteiger partial charge in [0.1, 0.15) is 6.23 Å². The maximum absolute atomic E-state index is 9.99. The summed E-state index contributed by atoms with van der Waals surface area (Å²) in [5.74, 6) is 1.54. The first kappa shape index (κ1) is 9.00.